The SMILES string of the molecule is C=CCNCCC(=O)Nc1ccc(C(C)=O)cc1. The molecule has 0 bridgehead atoms. The normalized spacial score (nSPS) is 9.83. The van der Waals surface area contributed by atoms with Crippen molar-refractivity contribution in [3.8, 4) is 0 Å². The standard InChI is InChI=1S/C14H18N2O2/c1-3-9-15-10-8-14(18)16-13-6-4-12(5-7-13)11(2)17/h3-7,15H,1,8-10H2,2H3,(H,16,18). The van der Waals surface area contributed by atoms with Crippen LogP contribution in [0.5, 0.6) is 0 Å². The average Bonchev–Trinajstić information content (AvgIpc) is 2.35. The number of nitrogens with one attached hydrogen (secondary N) is 2. The Morgan fingerprint density at radius 3 is 2.50 bits per heavy atom. The van der Waals surface area contributed by atoms with Crippen LogP contribution in [0.25, 0.3) is 0 Å². The lowest BCUT2D eigenvalue weighted by atomic mass is 10.1. The fourth-order valence-electron chi connectivity index (χ4n) is 1.42. The van der Waals surface area contributed by atoms with E-state index >= 15 is 0 Å². The second kappa shape index (κ2) is 7.40. The number of benzene rings is 1. The number of carbonyl (C=O) groups is 2. The van der Waals surface area contributed by atoms with E-state index in [2.05, 4.69) is 17.2 Å². The molecule has 96 valence electrons. The zero-order chi connectivity index (χ0) is 13.4. The lowest BCUT2D eigenvalue weighted by molar-refractivity contribution is -0.116. The summed E-state index contributed by atoms with van der Waals surface area (Å²) in [5.74, 6) is -0.0383. The minimum atomic E-state index is -0.0536. The van der Waals surface area contributed by atoms with Crippen LogP contribution in [0.3, 0.4) is 0 Å². The lowest BCUT2D eigenvalue weighted by Gasteiger charge is -2.06. The Balaban J connectivity index is 2.39. The van der Waals surface area contributed by atoms with Gasteiger partial charge < -0.3 is 10.6 Å². The van der Waals surface area contributed by atoms with Gasteiger partial charge in [-0.05, 0) is 31.2 Å². The third kappa shape index (κ3) is 4.93. The van der Waals surface area contributed by atoms with Gasteiger partial charge in [0.05, 0.1) is 0 Å². The highest BCUT2D eigenvalue weighted by Crippen LogP contribution is 2.10. The molecule has 0 saturated carbocycles. The van der Waals surface area contributed by atoms with Gasteiger partial charge in [-0.1, -0.05) is 6.08 Å². The van der Waals surface area contributed by atoms with E-state index in [0.29, 0.717) is 30.8 Å². The summed E-state index contributed by atoms with van der Waals surface area (Å²) in [5.41, 5.74) is 1.34. The highest BCUT2D eigenvalue weighted by Gasteiger charge is 2.03. The zero-order valence-electron chi connectivity index (χ0n) is 10.5. The van der Waals surface area contributed by atoms with Crippen molar-refractivity contribution in [2.24, 2.45) is 0 Å². The van der Waals surface area contributed by atoms with Gasteiger partial charge in [0.25, 0.3) is 0 Å². The fourth-order valence-corrected chi connectivity index (χ4v) is 1.42. The summed E-state index contributed by atoms with van der Waals surface area (Å²) >= 11 is 0. The number of rotatable bonds is 7. The molecular formula is C14H18N2O2. The largest absolute Gasteiger partial charge is 0.326 e. The molecule has 0 spiro atoms. The first-order valence-corrected chi connectivity index (χ1v) is 5.86. The van der Waals surface area contributed by atoms with Crippen LogP contribution in [-0.4, -0.2) is 24.8 Å². The van der Waals surface area contributed by atoms with Crippen molar-refractivity contribution in [1.82, 2.24) is 5.32 Å². The molecule has 1 amide bonds. The van der Waals surface area contributed by atoms with Gasteiger partial charge in [-0.2, -0.15) is 0 Å². The van der Waals surface area contributed by atoms with Crippen molar-refractivity contribution in [3.05, 3.63) is 42.5 Å². The molecule has 1 rings (SSSR count). The number of carbonyl (C=O) groups excluding carboxylic acids is 2. The molecule has 18 heavy (non-hydrogen) atoms. The maximum Gasteiger partial charge on any atom is 0.225 e. The molecule has 0 aliphatic carbocycles. The summed E-state index contributed by atoms with van der Waals surface area (Å²) in [6.07, 6.45) is 2.15. The van der Waals surface area contributed by atoms with E-state index in [-0.39, 0.29) is 11.7 Å². The zero-order valence-corrected chi connectivity index (χ0v) is 10.5. The van der Waals surface area contributed by atoms with Gasteiger partial charge in [-0.3, -0.25) is 9.59 Å². The molecule has 0 heterocycles. The van der Waals surface area contributed by atoms with Crippen molar-refractivity contribution < 1.29 is 9.59 Å². The van der Waals surface area contributed by atoms with E-state index < -0.39 is 0 Å². The third-order valence-electron chi connectivity index (χ3n) is 2.39. The number of hydrogen-bond donors (Lipinski definition) is 2. The number of amides is 1. The monoisotopic (exact) mass is 246 g/mol. The second-order valence-electron chi connectivity index (χ2n) is 3.92. The molecule has 0 radical (unpaired) electrons. The van der Waals surface area contributed by atoms with Crippen LogP contribution in [0.4, 0.5) is 5.69 Å². The first-order valence-electron chi connectivity index (χ1n) is 5.86. The van der Waals surface area contributed by atoms with E-state index in [0.717, 1.165) is 0 Å². The van der Waals surface area contributed by atoms with Crippen molar-refractivity contribution in [3.63, 3.8) is 0 Å². The molecule has 0 saturated heterocycles. The minimum Gasteiger partial charge on any atom is -0.326 e. The van der Waals surface area contributed by atoms with Crippen LogP contribution in [-0.2, 0) is 4.79 Å². The molecule has 4 nitrogen and oxygen atoms in total. The molecule has 0 unspecified atom stereocenters. The van der Waals surface area contributed by atoms with Crippen LogP contribution < -0.4 is 10.6 Å². The van der Waals surface area contributed by atoms with Crippen molar-refractivity contribution >= 4 is 17.4 Å². The van der Waals surface area contributed by atoms with Gasteiger partial charge in [0.1, 0.15) is 0 Å². The topological polar surface area (TPSA) is 58.2 Å². The average molecular weight is 246 g/mol. The van der Waals surface area contributed by atoms with Gasteiger partial charge in [-0.25, -0.2) is 0 Å². The second-order valence-corrected chi connectivity index (χ2v) is 3.92. The Morgan fingerprint density at radius 2 is 1.94 bits per heavy atom. The molecule has 4 heteroatoms. The van der Waals surface area contributed by atoms with Crippen molar-refractivity contribution in [1.29, 1.82) is 0 Å². The summed E-state index contributed by atoms with van der Waals surface area (Å²) in [6, 6.07) is 6.86. The van der Waals surface area contributed by atoms with Gasteiger partial charge in [-0.15, -0.1) is 6.58 Å². The molecule has 0 aliphatic heterocycles. The van der Waals surface area contributed by atoms with E-state index in [9.17, 15) is 9.59 Å². The van der Waals surface area contributed by atoms with E-state index in [1.54, 1.807) is 30.3 Å². The molecule has 1 aromatic rings. The first kappa shape index (κ1) is 14.1. The Labute approximate surface area is 107 Å². The van der Waals surface area contributed by atoms with Gasteiger partial charge >= 0.3 is 0 Å². The summed E-state index contributed by atoms with van der Waals surface area (Å²) in [5, 5.41) is 5.82. The molecule has 0 atom stereocenters. The van der Waals surface area contributed by atoms with Gasteiger partial charge in [0.2, 0.25) is 5.91 Å². The van der Waals surface area contributed by atoms with Crippen molar-refractivity contribution in [2.75, 3.05) is 18.4 Å². The first-order chi connectivity index (χ1) is 8.63. The third-order valence-corrected chi connectivity index (χ3v) is 2.39. The Morgan fingerprint density at radius 1 is 1.28 bits per heavy atom. The van der Waals surface area contributed by atoms with Crippen LogP contribution in [0.2, 0.25) is 0 Å². The smallest absolute Gasteiger partial charge is 0.225 e. The fraction of sp³-hybridized carbons (Fsp3) is 0.286. The Hall–Kier alpha value is -1.94. The number of ketones is 1. The van der Waals surface area contributed by atoms with Crippen LogP contribution in [0, 0.1) is 0 Å². The summed E-state index contributed by atoms with van der Waals surface area (Å²) in [6.45, 7) is 6.40. The summed E-state index contributed by atoms with van der Waals surface area (Å²) < 4.78 is 0. The van der Waals surface area contributed by atoms with Crippen LogP contribution >= 0.6 is 0 Å². The summed E-state index contributed by atoms with van der Waals surface area (Å²) in [7, 11) is 0. The van der Waals surface area contributed by atoms with Gasteiger partial charge in [0, 0.05) is 30.8 Å². The maximum atomic E-state index is 11.6. The predicted molar refractivity (Wildman–Crippen MR) is 72.8 cm³/mol. The van der Waals surface area contributed by atoms with E-state index in [1.165, 1.54) is 6.92 Å². The highest BCUT2D eigenvalue weighted by atomic mass is 16.1. The van der Waals surface area contributed by atoms with Crippen LogP contribution in [0.15, 0.2) is 36.9 Å². The highest BCUT2D eigenvalue weighted by molar-refractivity contribution is 5.95. The number of Topliss-reactive ketones (excluding diaryl/α,β-unsaturated/α-hetero) is 1. The maximum absolute atomic E-state index is 11.6. The molecule has 0 fully saturated rings. The molecular weight excluding hydrogens is 228 g/mol. The lowest BCUT2D eigenvalue weighted by Crippen LogP contribution is -2.21. The van der Waals surface area contributed by atoms with E-state index in [1.807, 2.05) is 0 Å². The number of anilines is 1. The molecule has 1 aromatic carbocycles. The van der Waals surface area contributed by atoms with Crippen LogP contribution in [0.1, 0.15) is 23.7 Å². The quantitative estimate of drug-likeness (QED) is 0.439. The Kier molecular flexibility index (Phi) is 5.80. The minimum absolute atomic E-state index is 0.0153. The molecule has 2 N–H and O–H groups in total. The summed E-state index contributed by atoms with van der Waals surface area (Å²) in [4.78, 5) is 22.6. The predicted octanol–water partition coefficient (Wildman–Crippen LogP) is 1.99. The van der Waals surface area contributed by atoms with E-state index in [4.69, 9.17) is 0 Å². The molecule has 0 aromatic heterocycles. The Bertz CT molecular complexity index is 424. The van der Waals surface area contributed by atoms with Gasteiger partial charge in [0.15, 0.2) is 5.78 Å². The van der Waals surface area contributed by atoms with Crippen molar-refractivity contribution in [2.45, 2.75) is 13.3 Å². The number of hydrogen-bond acceptors (Lipinski definition) is 3. The molecule has 0 aliphatic rings.